The average molecular weight is 325 g/mol. The van der Waals surface area contributed by atoms with Gasteiger partial charge in [0.1, 0.15) is 0 Å². The number of alkyl halides is 1. The monoisotopic (exact) mass is 323 g/mol. The first-order valence-corrected chi connectivity index (χ1v) is 6.05. The Hall–Kier alpha value is -0.270. The smallest absolute Gasteiger partial charge is 0.278 e. The number of aromatic nitrogens is 3. The highest BCUT2D eigenvalue weighted by molar-refractivity contribution is 9.10. The van der Waals surface area contributed by atoms with Crippen LogP contribution < -0.4 is 0 Å². The summed E-state index contributed by atoms with van der Waals surface area (Å²) in [6.07, 6.45) is 0. The Labute approximate surface area is 94.8 Å². The van der Waals surface area contributed by atoms with Gasteiger partial charge in [0.15, 0.2) is 11.5 Å². The molecule has 0 spiro atoms. The lowest BCUT2D eigenvalue weighted by Crippen LogP contribution is -1.80. The van der Waals surface area contributed by atoms with Crippen LogP contribution in [0.2, 0.25) is 0 Å². The van der Waals surface area contributed by atoms with Crippen LogP contribution in [-0.2, 0) is 5.33 Å². The summed E-state index contributed by atoms with van der Waals surface area (Å²) in [6.45, 7) is 0. The van der Waals surface area contributed by atoms with Gasteiger partial charge in [-0.3, -0.25) is 0 Å². The summed E-state index contributed by atoms with van der Waals surface area (Å²) < 4.78 is 10.00. The average Bonchev–Trinajstić information content (AvgIpc) is 2.71. The lowest BCUT2D eigenvalue weighted by atomic mass is 10.4. The Bertz CT molecular complexity index is 413. The summed E-state index contributed by atoms with van der Waals surface area (Å²) in [6, 6.07) is 0. The van der Waals surface area contributed by atoms with Gasteiger partial charge in [0, 0.05) is 5.38 Å². The fourth-order valence-corrected chi connectivity index (χ4v) is 2.16. The third-order valence-electron chi connectivity index (χ3n) is 1.32. The Morgan fingerprint density at radius 3 is 2.92 bits per heavy atom. The van der Waals surface area contributed by atoms with Crippen LogP contribution in [0.1, 0.15) is 5.82 Å². The third-order valence-corrected chi connectivity index (χ3v) is 3.35. The summed E-state index contributed by atoms with van der Waals surface area (Å²) in [5, 5.41) is 6.19. The van der Waals surface area contributed by atoms with E-state index in [-0.39, 0.29) is 0 Å². The minimum Gasteiger partial charge on any atom is -0.332 e. The molecular weight excluding hydrogens is 322 g/mol. The molecule has 2 aromatic rings. The SMILES string of the molecule is BrCc1noc(-c2nscc2Br)n1. The topological polar surface area (TPSA) is 51.8 Å². The molecule has 0 amide bonds. The van der Waals surface area contributed by atoms with E-state index in [0.29, 0.717) is 22.7 Å². The second-order valence-electron chi connectivity index (χ2n) is 2.16. The molecule has 0 aliphatic carbocycles. The van der Waals surface area contributed by atoms with Crippen LogP contribution in [0.5, 0.6) is 0 Å². The summed E-state index contributed by atoms with van der Waals surface area (Å²) in [7, 11) is 0. The zero-order chi connectivity index (χ0) is 9.26. The van der Waals surface area contributed by atoms with Gasteiger partial charge >= 0.3 is 0 Å². The predicted octanol–water partition coefficient (Wildman–Crippen LogP) is 2.85. The zero-order valence-corrected chi connectivity index (χ0v) is 10.2. The number of nitrogens with zero attached hydrogens (tertiary/aromatic N) is 3. The van der Waals surface area contributed by atoms with Gasteiger partial charge in [0.25, 0.3) is 5.89 Å². The molecule has 0 unspecified atom stereocenters. The molecule has 0 saturated carbocycles. The Balaban J connectivity index is 2.41. The number of hydrogen-bond acceptors (Lipinski definition) is 5. The third kappa shape index (κ3) is 1.82. The highest BCUT2D eigenvalue weighted by atomic mass is 79.9. The Morgan fingerprint density at radius 2 is 2.38 bits per heavy atom. The van der Waals surface area contributed by atoms with Crippen molar-refractivity contribution in [3.63, 3.8) is 0 Å². The van der Waals surface area contributed by atoms with Crippen LogP contribution in [0.25, 0.3) is 11.6 Å². The fourth-order valence-electron chi connectivity index (χ4n) is 0.770. The highest BCUT2D eigenvalue weighted by Crippen LogP contribution is 2.27. The van der Waals surface area contributed by atoms with Crippen LogP contribution in [0, 0.1) is 0 Å². The van der Waals surface area contributed by atoms with Gasteiger partial charge in [-0.15, -0.1) is 0 Å². The molecule has 0 aliphatic heterocycles. The lowest BCUT2D eigenvalue weighted by Gasteiger charge is -1.84. The zero-order valence-electron chi connectivity index (χ0n) is 6.20. The van der Waals surface area contributed by atoms with Gasteiger partial charge in [0.2, 0.25) is 0 Å². The molecule has 0 atom stereocenters. The number of halogens is 2. The van der Waals surface area contributed by atoms with Gasteiger partial charge in [0.05, 0.1) is 9.80 Å². The van der Waals surface area contributed by atoms with E-state index in [4.69, 9.17) is 4.52 Å². The molecule has 0 saturated heterocycles. The van der Waals surface area contributed by atoms with Gasteiger partial charge in [-0.25, -0.2) is 0 Å². The molecule has 0 aliphatic rings. The fraction of sp³-hybridized carbons (Fsp3) is 0.167. The molecule has 0 aromatic carbocycles. The standard InChI is InChI=1S/C6H3Br2N3OS/c7-1-4-9-6(12-10-4)5-3(8)2-13-11-5/h2H,1H2. The first-order chi connectivity index (χ1) is 6.31. The van der Waals surface area contributed by atoms with Gasteiger partial charge in [-0.2, -0.15) is 9.36 Å². The molecule has 0 radical (unpaired) electrons. The summed E-state index contributed by atoms with van der Waals surface area (Å²) in [5.41, 5.74) is 0.699. The van der Waals surface area contributed by atoms with Crippen molar-refractivity contribution in [2.24, 2.45) is 0 Å². The first-order valence-electron chi connectivity index (χ1n) is 3.30. The van der Waals surface area contributed by atoms with Crippen molar-refractivity contribution >= 4 is 43.4 Å². The van der Waals surface area contributed by atoms with Crippen molar-refractivity contribution < 1.29 is 4.52 Å². The van der Waals surface area contributed by atoms with Crippen molar-refractivity contribution in [1.29, 1.82) is 0 Å². The van der Waals surface area contributed by atoms with Gasteiger partial charge in [-0.05, 0) is 27.5 Å². The van der Waals surface area contributed by atoms with Crippen LogP contribution in [0.4, 0.5) is 0 Å². The van der Waals surface area contributed by atoms with E-state index in [1.54, 1.807) is 0 Å². The van der Waals surface area contributed by atoms with Crippen molar-refractivity contribution in [1.82, 2.24) is 14.5 Å². The molecule has 2 aromatic heterocycles. The van der Waals surface area contributed by atoms with Gasteiger partial charge < -0.3 is 4.52 Å². The second kappa shape index (κ2) is 3.85. The van der Waals surface area contributed by atoms with Crippen molar-refractivity contribution in [3.8, 4) is 11.6 Å². The molecule has 13 heavy (non-hydrogen) atoms. The maximum atomic E-state index is 5.00. The van der Waals surface area contributed by atoms with Crippen molar-refractivity contribution in [3.05, 3.63) is 15.7 Å². The number of rotatable bonds is 2. The maximum Gasteiger partial charge on any atom is 0.278 e. The second-order valence-corrected chi connectivity index (χ2v) is 4.20. The summed E-state index contributed by atoms with van der Waals surface area (Å²) in [5.74, 6) is 1.07. The Morgan fingerprint density at radius 1 is 1.54 bits per heavy atom. The molecule has 0 fully saturated rings. The molecule has 2 rings (SSSR count). The van der Waals surface area contributed by atoms with Crippen LogP contribution in [-0.4, -0.2) is 14.5 Å². The molecule has 2 heterocycles. The van der Waals surface area contributed by atoms with Gasteiger partial charge in [-0.1, -0.05) is 21.1 Å². The predicted molar refractivity (Wildman–Crippen MR) is 55.7 cm³/mol. The van der Waals surface area contributed by atoms with E-state index in [0.717, 1.165) is 4.47 Å². The molecule has 0 bridgehead atoms. The van der Waals surface area contributed by atoms with Crippen molar-refractivity contribution in [2.45, 2.75) is 5.33 Å². The van der Waals surface area contributed by atoms with E-state index in [2.05, 4.69) is 46.4 Å². The summed E-state index contributed by atoms with van der Waals surface area (Å²) >= 11 is 7.92. The molecule has 68 valence electrons. The Kier molecular flexibility index (Phi) is 2.75. The minimum absolute atomic E-state index is 0.447. The van der Waals surface area contributed by atoms with E-state index in [9.17, 15) is 0 Å². The highest BCUT2D eigenvalue weighted by Gasteiger charge is 2.13. The quantitative estimate of drug-likeness (QED) is 0.797. The van der Waals surface area contributed by atoms with Crippen LogP contribution in [0.3, 0.4) is 0 Å². The van der Waals surface area contributed by atoms with E-state index < -0.39 is 0 Å². The van der Waals surface area contributed by atoms with Crippen molar-refractivity contribution in [2.75, 3.05) is 0 Å². The van der Waals surface area contributed by atoms with E-state index in [1.807, 2.05) is 5.38 Å². The molecular formula is C6H3Br2N3OS. The molecule has 7 heteroatoms. The van der Waals surface area contributed by atoms with Crippen LogP contribution >= 0.6 is 43.4 Å². The maximum absolute atomic E-state index is 5.00. The first kappa shape index (κ1) is 9.29. The van der Waals surface area contributed by atoms with E-state index >= 15 is 0 Å². The largest absolute Gasteiger partial charge is 0.332 e. The summed E-state index contributed by atoms with van der Waals surface area (Å²) in [4.78, 5) is 4.12. The van der Waals surface area contributed by atoms with E-state index in [1.165, 1.54) is 11.5 Å². The molecule has 0 N–H and O–H groups in total. The number of hydrogen-bond donors (Lipinski definition) is 0. The lowest BCUT2D eigenvalue weighted by molar-refractivity contribution is 0.424. The van der Waals surface area contributed by atoms with Crippen LogP contribution in [0.15, 0.2) is 14.4 Å². The minimum atomic E-state index is 0.447. The molecule has 4 nitrogen and oxygen atoms in total. The normalized spacial score (nSPS) is 10.6.